The van der Waals surface area contributed by atoms with Crippen LogP contribution in [0.5, 0.6) is 0 Å². The van der Waals surface area contributed by atoms with Crippen LogP contribution in [0.15, 0.2) is 72.8 Å². The van der Waals surface area contributed by atoms with E-state index >= 15 is 0 Å². The number of carbonyl (C=O) groups excluding carboxylic acids is 1. The molecule has 2 N–H and O–H groups in total. The second-order valence-electron chi connectivity index (χ2n) is 6.93. The molecule has 4 rings (SSSR count). The zero-order valence-electron chi connectivity index (χ0n) is 16.6. The predicted molar refractivity (Wildman–Crippen MR) is 121 cm³/mol. The molecular formula is C24H20FN3OS. The Labute approximate surface area is 178 Å². The monoisotopic (exact) mass is 417 g/mol. The lowest BCUT2D eigenvalue weighted by Gasteiger charge is -2.13. The zero-order chi connectivity index (χ0) is 21.1. The minimum Gasteiger partial charge on any atom is -0.354 e. The Morgan fingerprint density at radius 2 is 1.57 bits per heavy atom. The lowest BCUT2D eigenvalue weighted by molar-refractivity contribution is 0.103. The summed E-state index contributed by atoms with van der Waals surface area (Å²) in [5, 5.41) is 7.01. The normalized spacial score (nSPS) is 10.6. The van der Waals surface area contributed by atoms with Crippen LogP contribution in [0.4, 0.5) is 21.5 Å². The Bertz CT molecular complexity index is 1180. The molecule has 30 heavy (non-hydrogen) atoms. The molecule has 0 aliphatic carbocycles. The number of anilines is 3. The van der Waals surface area contributed by atoms with Gasteiger partial charge in [0, 0.05) is 11.3 Å². The van der Waals surface area contributed by atoms with Gasteiger partial charge in [0.25, 0.3) is 5.91 Å². The van der Waals surface area contributed by atoms with Crippen molar-refractivity contribution in [3.63, 3.8) is 0 Å². The minimum absolute atomic E-state index is 0.225. The first-order valence-corrected chi connectivity index (χ1v) is 10.3. The van der Waals surface area contributed by atoms with E-state index in [1.165, 1.54) is 29.0 Å². The number of aromatic nitrogens is 1. The van der Waals surface area contributed by atoms with E-state index in [2.05, 4.69) is 15.6 Å². The molecule has 1 heterocycles. The van der Waals surface area contributed by atoms with Crippen molar-refractivity contribution in [3.05, 3.63) is 94.7 Å². The van der Waals surface area contributed by atoms with E-state index in [4.69, 9.17) is 0 Å². The van der Waals surface area contributed by atoms with Crippen LogP contribution in [0.2, 0.25) is 0 Å². The molecule has 1 aromatic heterocycles. The van der Waals surface area contributed by atoms with E-state index in [0.717, 1.165) is 16.9 Å². The first kappa shape index (κ1) is 19.8. The van der Waals surface area contributed by atoms with E-state index in [9.17, 15) is 9.18 Å². The number of hydrogen-bond donors (Lipinski definition) is 2. The van der Waals surface area contributed by atoms with Crippen LogP contribution in [0.1, 0.15) is 20.9 Å². The van der Waals surface area contributed by atoms with Crippen molar-refractivity contribution < 1.29 is 9.18 Å². The Hall–Kier alpha value is -3.51. The Morgan fingerprint density at radius 1 is 0.900 bits per heavy atom. The quantitative estimate of drug-likeness (QED) is 0.386. The van der Waals surface area contributed by atoms with Gasteiger partial charge in [-0.05, 0) is 62.4 Å². The largest absolute Gasteiger partial charge is 0.354 e. The Morgan fingerprint density at radius 3 is 2.27 bits per heavy atom. The summed E-state index contributed by atoms with van der Waals surface area (Å²) in [5.74, 6) is -0.529. The fourth-order valence-corrected chi connectivity index (χ4v) is 3.96. The van der Waals surface area contributed by atoms with Gasteiger partial charge in [0.1, 0.15) is 15.7 Å². The maximum atomic E-state index is 13.2. The average molecular weight is 418 g/mol. The molecule has 0 saturated carbocycles. The van der Waals surface area contributed by atoms with E-state index in [1.807, 2.05) is 55.5 Å². The number of amides is 1. The molecule has 0 radical (unpaired) electrons. The predicted octanol–water partition coefficient (Wildman–Crippen LogP) is 6.56. The SMILES string of the molecule is Cc1ccc(Nc2ccccc2NC(=O)c2sc(-c3ccc(F)cc3)nc2C)cc1. The van der Waals surface area contributed by atoms with Gasteiger partial charge in [0.15, 0.2) is 0 Å². The fraction of sp³-hybridized carbons (Fsp3) is 0.0833. The van der Waals surface area contributed by atoms with Gasteiger partial charge in [0.2, 0.25) is 0 Å². The molecule has 150 valence electrons. The summed E-state index contributed by atoms with van der Waals surface area (Å²) in [6, 6.07) is 21.7. The Kier molecular flexibility index (Phi) is 5.59. The number of thiazole rings is 1. The number of hydrogen-bond acceptors (Lipinski definition) is 4. The molecule has 0 atom stereocenters. The summed E-state index contributed by atoms with van der Waals surface area (Å²) in [5.41, 5.74) is 5.02. The number of nitrogens with zero attached hydrogens (tertiary/aromatic N) is 1. The fourth-order valence-electron chi connectivity index (χ4n) is 3.00. The number of halogens is 1. The zero-order valence-corrected chi connectivity index (χ0v) is 17.4. The van der Waals surface area contributed by atoms with Gasteiger partial charge in [0.05, 0.1) is 17.1 Å². The molecule has 0 spiro atoms. The number of para-hydroxylation sites is 2. The van der Waals surface area contributed by atoms with Crippen molar-refractivity contribution in [2.75, 3.05) is 10.6 Å². The van der Waals surface area contributed by atoms with Crippen LogP contribution >= 0.6 is 11.3 Å². The van der Waals surface area contributed by atoms with Crippen molar-refractivity contribution in [3.8, 4) is 10.6 Å². The van der Waals surface area contributed by atoms with Gasteiger partial charge in [-0.2, -0.15) is 0 Å². The number of aryl methyl sites for hydroxylation is 2. The van der Waals surface area contributed by atoms with E-state index in [0.29, 0.717) is 21.3 Å². The number of nitrogens with one attached hydrogen (secondary N) is 2. The molecule has 0 saturated heterocycles. The van der Waals surface area contributed by atoms with Crippen LogP contribution in [0.3, 0.4) is 0 Å². The molecule has 0 aliphatic rings. The summed E-state index contributed by atoms with van der Waals surface area (Å²) in [4.78, 5) is 18.0. The van der Waals surface area contributed by atoms with Crippen LogP contribution in [0, 0.1) is 19.7 Å². The summed E-state index contributed by atoms with van der Waals surface area (Å²) in [6.45, 7) is 3.84. The Balaban J connectivity index is 1.56. The van der Waals surface area contributed by atoms with E-state index in [1.54, 1.807) is 19.1 Å². The molecular weight excluding hydrogens is 397 g/mol. The molecule has 4 nitrogen and oxygen atoms in total. The van der Waals surface area contributed by atoms with Gasteiger partial charge in [-0.15, -0.1) is 11.3 Å². The maximum Gasteiger partial charge on any atom is 0.267 e. The van der Waals surface area contributed by atoms with Crippen LogP contribution in [0.25, 0.3) is 10.6 Å². The number of carbonyl (C=O) groups is 1. The number of benzene rings is 3. The van der Waals surface area contributed by atoms with Gasteiger partial charge in [-0.3, -0.25) is 4.79 Å². The van der Waals surface area contributed by atoms with Crippen molar-refractivity contribution in [1.29, 1.82) is 0 Å². The lowest BCUT2D eigenvalue weighted by Crippen LogP contribution is -2.12. The van der Waals surface area contributed by atoms with Gasteiger partial charge in [-0.1, -0.05) is 29.8 Å². The summed E-state index contributed by atoms with van der Waals surface area (Å²) < 4.78 is 13.2. The first-order chi connectivity index (χ1) is 14.5. The summed E-state index contributed by atoms with van der Waals surface area (Å²) >= 11 is 1.29. The van der Waals surface area contributed by atoms with Gasteiger partial charge >= 0.3 is 0 Å². The van der Waals surface area contributed by atoms with Crippen molar-refractivity contribution in [2.45, 2.75) is 13.8 Å². The highest BCUT2D eigenvalue weighted by atomic mass is 32.1. The molecule has 3 aromatic carbocycles. The molecule has 1 amide bonds. The van der Waals surface area contributed by atoms with Crippen molar-refractivity contribution >= 4 is 34.3 Å². The van der Waals surface area contributed by atoms with Gasteiger partial charge in [-0.25, -0.2) is 9.37 Å². The number of rotatable bonds is 5. The van der Waals surface area contributed by atoms with Crippen LogP contribution in [-0.2, 0) is 0 Å². The second kappa shape index (κ2) is 8.47. The van der Waals surface area contributed by atoms with E-state index in [-0.39, 0.29) is 11.7 Å². The molecule has 4 aromatic rings. The highest BCUT2D eigenvalue weighted by Crippen LogP contribution is 2.30. The van der Waals surface area contributed by atoms with Crippen LogP contribution in [-0.4, -0.2) is 10.9 Å². The molecule has 0 unspecified atom stereocenters. The third-order valence-corrected chi connectivity index (χ3v) is 5.81. The highest BCUT2D eigenvalue weighted by Gasteiger charge is 2.17. The maximum absolute atomic E-state index is 13.2. The highest BCUT2D eigenvalue weighted by molar-refractivity contribution is 7.17. The molecule has 0 fully saturated rings. The minimum atomic E-state index is -0.303. The molecule has 6 heteroatoms. The van der Waals surface area contributed by atoms with Crippen molar-refractivity contribution in [2.24, 2.45) is 0 Å². The van der Waals surface area contributed by atoms with E-state index < -0.39 is 0 Å². The third kappa shape index (κ3) is 4.39. The third-order valence-electron chi connectivity index (χ3n) is 4.60. The second-order valence-corrected chi connectivity index (χ2v) is 7.93. The summed E-state index contributed by atoms with van der Waals surface area (Å²) in [7, 11) is 0. The molecule has 0 aliphatic heterocycles. The first-order valence-electron chi connectivity index (χ1n) is 9.47. The van der Waals surface area contributed by atoms with Gasteiger partial charge < -0.3 is 10.6 Å². The lowest BCUT2D eigenvalue weighted by atomic mass is 10.2. The van der Waals surface area contributed by atoms with Crippen molar-refractivity contribution in [1.82, 2.24) is 4.98 Å². The molecule has 0 bridgehead atoms. The average Bonchev–Trinajstić information content (AvgIpc) is 3.13. The smallest absolute Gasteiger partial charge is 0.267 e. The van der Waals surface area contributed by atoms with Crippen LogP contribution < -0.4 is 10.6 Å². The summed E-state index contributed by atoms with van der Waals surface area (Å²) in [6.07, 6.45) is 0. The topological polar surface area (TPSA) is 54.0 Å². The standard InChI is InChI=1S/C24H20FN3OS/c1-15-7-13-19(14-8-15)27-20-5-3-4-6-21(20)28-23(29)22-16(2)26-24(30-22)17-9-11-18(25)12-10-17/h3-14,27H,1-2H3,(H,28,29).